The van der Waals surface area contributed by atoms with Crippen molar-refractivity contribution < 1.29 is 14.6 Å². The molecule has 1 aliphatic rings. The zero-order valence-electron chi connectivity index (χ0n) is 10.5. The van der Waals surface area contributed by atoms with Crippen molar-refractivity contribution in [3.8, 4) is 0 Å². The van der Waals surface area contributed by atoms with Crippen molar-refractivity contribution in [1.82, 2.24) is 9.88 Å². The Bertz CT molecular complexity index is 422. The number of nitrogens with zero attached hydrogens (tertiary/aromatic N) is 2. The van der Waals surface area contributed by atoms with Crippen LogP contribution >= 0.6 is 0 Å². The Morgan fingerprint density at radius 1 is 1.67 bits per heavy atom. The summed E-state index contributed by atoms with van der Waals surface area (Å²) in [7, 11) is 0. The van der Waals surface area contributed by atoms with E-state index in [0.29, 0.717) is 13.2 Å². The molecule has 2 heterocycles. The van der Waals surface area contributed by atoms with Crippen molar-refractivity contribution in [3.63, 3.8) is 0 Å². The maximum Gasteiger partial charge on any atom is 0.306 e. The number of ether oxygens (including phenoxy) is 1. The van der Waals surface area contributed by atoms with Gasteiger partial charge in [0.05, 0.1) is 19.1 Å². The van der Waals surface area contributed by atoms with Gasteiger partial charge >= 0.3 is 5.97 Å². The van der Waals surface area contributed by atoms with Crippen LogP contribution in [0.4, 0.5) is 0 Å². The van der Waals surface area contributed by atoms with Crippen LogP contribution in [0.25, 0.3) is 0 Å². The van der Waals surface area contributed by atoms with E-state index in [0.717, 1.165) is 13.1 Å². The zero-order valence-corrected chi connectivity index (χ0v) is 10.5. The second-order valence-electron chi connectivity index (χ2n) is 4.63. The van der Waals surface area contributed by atoms with Crippen LogP contribution in [0.2, 0.25) is 0 Å². The molecule has 0 radical (unpaired) electrons. The summed E-state index contributed by atoms with van der Waals surface area (Å²) in [6.07, 6.45) is 3.53. The topological polar surface area (TPSA) is 62.7 Å². The molecule has 1 aliphatic heterocycles. The van der Waals surface area contributed by atoms with E-state index in [1.165, 1.54) is 11.1 Å². The molecule has 0 spiro atoms. The van der Waals surface area contributed by atoms with Gasteiger partial charge in [0.1, 0.15) is 0 Å². The third-order valence-corrected chi connectivity index (χ3v) is 3.17. The standard InChI is InChI=1S/C13H18N2O3/c1-10-2-3-14-7-11(10)8-15-4-5-18-12(9-15)6-13(16)17/h2-3,7,12H,4-6,8-9H2,1H3,(H,16,17). The van der Waals surface area contributed by atoms with E-state index in [-0.39, 0.29) is 12.5 Å². The molecule has 1 atom stereocenters. The SMILES string of the molecule is Cc1ccncc1CN1CCOC(CC(=O)O)C1. The second-order valence-corrected chi connectivity index (χ2v) is 4.63. The Morgan fingerprint density at radius 2 is 2.50 bits per heavy atom. The molecule has 98 valence electrons. The van der Waals surface area contributed by atoms with E-state index in [4.69, 9.17) is 9.84 Å². The minimum absolute atomic E-state index is 0.0719. The fraction of sp³-hybridized carbons (Fsp3) is 0.538. The van der Waals surface area contributed by atoms with Gasteiger partial charge in [0.2, 0.25) is 0 Å². The average molecular weight is 250 g/mol. The number of carboxylic acid groups (broad SMARTS) is 1. The fourth-order valence-electron chi connectivity index (χ4n) is 2.15. The molecule has 0 bridgehead atoms. The first-order chi connectivity index (χ1) is 8.65. The van der Waals surface area contributed by atoms with Crippen LogP contribution in [-0.4, -0.2) is 46.8 Å². The molecular weight excluding hydrogens is 232 g/mol. The van der Waals surface area contributed by atoms with E-state index < -0.39 is 5.97 Å². The van der Waals surface area contributed by atoms with Crippen LogP contribution in [-0.2, 0) is 16.1 Å². The summed E-state index contributed by atoms with van der Waals surface area (Å²) in [5, 5.41) is 8.78. The van der Waals surface area contributed by atoms with Gasteiger partial charge in [-0.3, -0.25) is 14.7 Å². The molecule has 1 N–H and O–H groups in total. The summed E-state index contributed by atoms with van der Waals surface area (Å²) >= 11 is 0. The molecule has 5 heteroatoms. The quantitative estimate of drug-likeness (QED) is 0.866. The van der Waals surface area contributed by atoms with E-state index in [9.17, 15) is 4.79 Å². The maximum atomic E-state index is 10.7. The summed E-state index contributed by atoms with van der Waals surface area (Å²) < 4.78 is 5.45. The maximum absolute atomic E-state index is 10.7. The number of carboxylic acids is 1. The third kappa shape index (κ3) is 3.51. The van der Waals surface area contributed by atoms with Crippen molar-refractivity contribution in [2.75, 3.05) is 19.7 Å². The number of hydrogen-bond acceptors (Lipinski definition) is 4. The minimum atomic E-state index is -0.806. The molecule has 18 heavy (non-hydrogen) atoms. The van der Waals surface area contributed by atoms with Crippen molar-refractivity contribution in [1.29, 1.82) is 0 Å². The smallest absolute Gasteiger partial charge is 0.306 e. The van der Waals surface area contributed by atoms with Gasteiger partial charge in [0, 0.05) is 32.0 Å². The summed E-state index contributed by atoms with van der Waals surface area (Å²) in [5.41, 5.74) is 2.40. The van der Waals surface area contributed by atoms with Gasteiger partial charge < -0.3 is 9.84 Å². The summed E-state index contributed by atoms with van der Waals surface area (Å²) in [4.78, 5) is 17.0. The molecule has 0 saturated carbocycles. The Kier molecular flexibility index (Phi) is 4.28. The molecule has 0 amide bonds. The molecule has 1 fully saturated rings. The van der Waals surface area contributed by atoms with Crippen LogP contribution in [0.3, 0.4) is 0 Å². The van der Waals surface area contributed by atoms with Crippen LogP contribution in [0, 0.1) is 6.92 Å². The number of rotatable bonds is 4. The molecule has 1 unspecified atom stereocenters. The molecule has 0 aliphatic carbocycles. The molecule has 1 aromatic rings. The normalized spacial score (nSPS) is 20.8. The number of aromatic nitrogens is 1. The predicted octanol–water partition coefficient (Wildman–Crippen LogP) is 1.07. The molecule has 1 aromatic heterocycles. The number of pyridine rings is 1. The lowest BCUT2D eigenvalue weighted by atomic mass is 10.1. The predicted molar refractivity (Wildman–Crippen MR) is 66.2 cm³/mol. The Morgan fingerprint density at radius 3 is 3.22 bits per heavy atom. The monoisotopic (exact) mass is 250 g/mol. The first-order valence-corrected chi connectivity index (χ1v) is 6.10. The Balaban J connectivity index is 1.93. The summed E-state index contributed by atoms with van der Waals surface area (Å²) in [6.45, 7) is 4.97. The summed E-state index contributed by atoms with van der Waals surface area (Å²) in [6, 6.07) is 1.99. The average Bonchev–Trinajstić information content (AvgIpc) is 2.32. The van der Waals surface area contributed by atoms with Gasteiger partial charge in [-0.2, -0.15) is 0 Å². The van der Waals surface area contributed by atoms with Crippen LogP contribution in [0.1, 0.15) is 17.5 Å². The first-order valence-electron chi connectivity index (χ1n) is 6.10. The highest BCUT2D eigenvalue weighted by Gasteiger charge is 2.22. The molecule has 5 nitrogen and oxygen atoms in total. The van der Waals surface area contributed by atoms with Gasteiger partial charge in [-0.15, -0.1) is 0 Å². The largest absolute Gasteiger partial charge is 0.481 e. The number of aliphatic carboxylic acids is 1. The van der Waals surface area contributed by atoms with E-state index >= 15 is 0 Å². The van der Waals surface area contributed by atoms with Crippen molar-refractivity contribution in [2.45, 2.75) is 26.0 Å². The zero-order chi connectivity index (χ0) is 13.0. The van der Waals surface area contributed by atoms with Gasteiger partial charge in [-0.05, 0) is 24.1 Å². The van der Waals surface area contributed by atoms with Gasteiger partial charge in [0.25, 0.3) is 0 Å². The number of aryl methyl sites for hydroxylation is 1. The Labute approximate surface area is 106 Å². The first kappa shape index (κ1) is 13.0. The van der Waals surface area contributed by atoms with Gasteiger partial charge in [-0.1, -0.05) is 0 Å². The van der Waals surface area contributed by atoms with Gasteiger partial charge in [-0.25, -0.2) is 0 Å². The van der Waals surface area contributed by atoms with E-state index in [1.807, 2.05) is 12.3 Å². The number of carbonyl (C=O) groups is 1. The minimum Gasteiger partial charge on any atom is -0.481 e. The lowest BCUT2D eigenvalue weighted by Gasteiger charge is -2.32. The van der Waals surface area contributed by atoms with Crippen molar-refractivity contribution in [3.05, 3.63) is 29.6 Å². The van der Waals surface area contributed by atoms with Crippen LogP contribution in [0.15, 0.2) is 18.5 Å². The number of hydrogen-bond donors (Lipinski definition) is 1. The van der Waals surface area contributed by atoms with E-state index in [2.05, 4.69) is 16.8 Å². The van der Waals surface area contributed by atoms with Crippen molar-refractivity contribution >= 4 is 5.97 Å². The Hall–Kier alpha value is -1.46. The molecule has 2 rings (SSSR count). The van der Waals surface area contributed by atoms with Gasteiger partial charge in [0.15, 0.2) is 0 Å². The highest BCUT2D eigenvalue weighted by atomic mass is 16.5. The summed E-state index contributed by atoms with van der Waals surface area (Å²) in [5.74, 6) is -0.806. The van der Waals surface area contributed by atoms with Crippen LogP contribution in [0.5, 0.6) is 0 Å². The molecule has 0 aromatic carbocycles. The number of morpholine rings is 1. The molecule has 1 saturated heterocycles. The lowest BCUT2D eigenvalue weighted by molar-refractivity contribution is -0.142. The third-order valence-electron chi connectivity index (χ3n) is 3.17. The fourth-order valence-corrected chi connectivity index (χ4v) is 2.15. The lowest BCUT2D eigenvalue weighted by Crippen LogP contribution is -2.42. The second kappa shape index (κ2) is 5.93. The van der Waals surface area contributed by atoms with E-state index in [1.54, 1.807) is 6.20 Å². The highest BCUT2D eigenvalue weighted by molar-refractivity contribution is 5.67. The van der Waals surface area contributed by atoms with Crippen LogP contribution < -0.4 is 0 Å². The molecular formula is C13H18N2O3. The highest BCUT2D eigenvalue weighted by Crippen LogP contribution is 2.14. The van der Waals surface area contributed by atoms with Crippen molar-refractivity contribution in [2.24, 2.45) is 0 Å².